The number of hydrogen-bond acceptors (Lipinski definition) is 4. The first-order valence-corrected chi connectivity index (χ1v) is 8.36. The monoisotopic (exact) mass is 290 g/mol. The van der Waals surface area contributed by atoms with Crippen LogP contribution in [0.15, 0.2) is 9.98 Å². The van der Waals surface area contributed by atoms with E-state index in [1.807, 2.05) is 0 Å². The summed E-state index contributed by atoms with van der Waals surface area (Å²) in [5, 5.41) is 0. The van der Waals surface area contributed by atoms with Crippen molar-refractivity contribution >= 4 is 12.2 Å². The minimum Gasteiger partial charge on any atom is -0.211 e. The van der Waals surface area contributed by atoms with Gasteiger partial charge in [0.05, 0.1) is 0 Å². The van der Waals surface area contributed by atoms with Gasteiger partial charge in [-0.05, 0) is 38.0 Å². The molecule has 4 nitrogen and oxygen atoms in total. The number of hydrogen-bond donors (Lipinski definition) is 0. The van der Waals surface area contributed by atoms with E-state index in [9.17, 15) is 9.59 Å². The molecule has 2 aliphatic carbocycles. The first-order chi connectivity index (χ1) is 10.2. The Morgan fingerprint density at radius 1 is 0.857 bits per heavy atom. The van der Waals surface area contributed by atoms with Crippen molar-refractivity contribution in [3.63, 3.8) is 0 Å². The van der Waals surface area contributed by atoms with Crippen LogP contribution in [-0.2, 0) is 9.59 Å². The fourth-order valence-corrected chi connectivity index (χ4v) is 4.23. The van der Waals surface area contributed by atoms with Gasteiger partial charge in [-0.2, -0.15) is 9.98 Å². The molecule has 0 aromatic heterocycles. The molecule has 0 aromatic carbocycles. The molecular formula is C17H26N2O2. The number of rotatable bonds is 5. The fraction of sp³-hybridized carbons (Fsp3) is 0.882. The normalized spacial score (nSPS) is 29.8. The maximum atomic E-state index is 10.6. The van der Waals surface area contributed by atoms with Crippen LogP contribution in [0, 0.1) is 17.8 Å². The van der Waals surface area contributed by atoms with E-state index in [0.717, 1.165) is 24.7 Å². The van der Waals surface area contributed by atoms with Crippen LogP contribution in [0.1, 0.15) is 71.1 Å². The van der Waals surface area contributed by atoms with Gasteiger partial charge in [0.2, 0.25) is 12.2 Å². The van der Waals surface area contributed by atoms with E-state index in [1.54, 1.807) is 19.1 Å². The van der Waals surface area contributed by atoms with Gasteiger partial charge in [-0.25, -0.2) is 9.59 Å². The van der Waals surface area contributed by atoms with E-state index in [4.69, 9.17) is 0 Å². The molecule has 0 saturated heterocycles. The quantitative estimate of drug-likeness (QED) is 0.564. The van der Waals surface area contributed by atoms with Crippen molar-refractivity contribution in [3.05, 3.63) is 0 Å². The number of nitrogens with zero attached hydrogens (tertiary/aromatic N) is 2. The van der Waals surface area contributed by atoms with Gasteiger partial charge in [0, 0.05) is 5.92 Å². The van der Waals surface area contributed by atoms with Crippen molar-refractivity contribution < 1.29 is 9.59 Å². The second kappa shape index (κ2) is 7.68. The van der Waals surface area contributed by atoms with Crippen molar-refractivity contribution in [2.24, 2.45) is 27.7 Å². The zero-order valence-electron chi connectivity index (χ0n) is 13.0. The Kier molecular flexibility index (Phi) is 5.90. The van der Waals surface area contributed by atoms with E-state index in [-0.39, 0.29) is 5.92 Å². The molecule has 0 atom stereocenters. The van der Waals surface area contributed by atoms with Crippen molar-refractivity contribution in [2.75, 3.05) is 0 Å². The van der Waals surface area contributed by atoms with Gasteiger partial charge in [0.25, 0.3) is 0 Å². The molecule has 0 aromatic rings. The van der Waals surface area contributed by atoms with Crippen LogP contribution in [-0.4, -0.2) is 17.8 Å². The molecule has 0 bridgehead atoms. The van der Waals surface area contributed by atoms with Crippen LogP contribution in [0.3, 0.4) is 0 Å². The highest BCUT2D eigenvalue weighted by molar-refractivity contribution is 5.39. The van der Waals surface area contributed by atoms with Gasteiger partial charge in [-0.1, -0.05) is 44.9 Å². The van der Waals surface area contributed by atoms with E-state index >= 15 is 0 Å². The molecule has 2 aliphatic rings. The van der Waals surface area contributed by atoms with Gasteiger partial charge in [0.1, 0.15) is 0 Å². The van der Waals surface area contributed by atoms with E-state index in [0.29, 0.717) is 0 Å². The molecule has 4 heteroatoms. The minimum atomic E-state index is -0.945. The molecule has 2 saturated carbocycles. The molecule has 0 spiro atoms. The van der Waals surface area contributed by atoms with Crippen molar-refractivity contribution in [2.45, 2.75) is 76.8 Å². The standard InChI is InChI=1S/C17H26N2O2/c1-17(18-12-20,19-13-21)16-9-7-15(8-10-16)11-14-5-3-2-4-6-14/h14-16H,2-11H2,1H3. The van der Waals surface area contributed by atoms with Crippen LogP contribution in [0.5, 0.6) is 0 Å². The number of isocyanates is 2. The van der Waals surface area contributed by atoms with Crippen molar-refractivity contribution in [1.29, 1.82) is 0 Å². The highest BCUT2D eigenvalue weighted by atomic mass is 16.1. The van der Waals surface area contributed by atoms with Gasteiger partial charge in [-0.3, -0.25) is 0 Å². The number of aliphatic imine (C=N–C) groups is 2. The molecule has 2 fully saturated rings. The Morgan fingerprint density at radius 3 is 1.90 bits per heavy atom. The lowest BCUT2D eigenvalue weighted by molar-refractivity contribution is 0.165. The third-order valence-corrected chi connectivity index (χ3v) is 5.56. The topological polar surface area (TPSA) is 58.9 Å². The average Bonchev–Trinajstić information content (AvgIpc) is 2.49. The average molecular weight is 290 g/mol. The smallest absolute Gasteiger partial charge is 0.211 e. The summed E-state index contributed by atoms with van der Waals surface area (Å²) in [4.78, 5) is 28.7. The lowest BCUT2D eigenvalue weighted by Crippen LogP contribution is -2.34. The van der Waals surface area contributed by atoms with Gasteiger partial charge in [-0.15, -0.1) is 0 Å². The zero-order chi connectivity index (χ0) is 15.1. The first-order valence-electron chi connectivity index (χ1n) is 8.36. The lowest BCUT2D eigenvalue weighted by atomic mass is 9.72. The second-order valence-electron chi connectivity index (χ2n) is 6.96. The van der Waals surface area contributed by atoms with Crippen molar-refractivity contribution in [3.8, 4) is 0 Å². The summed E-state index contributed by atoms with van der Waals surface area (Å²) in [6, 6.07) is 0. The Hall–Kier alpha value is -1.24. The van der Waals surface area contributed by atoms with Crippen LogP contribution in [0.2, 0.25) is 0 Å². The van der Waals surface area contributed by atoms with E-state index < -0.39 is 5.66 Å². The fourth-order valence-electron chi connectivity index (χ4n) is 4.23. The maximum Gasteiger partial charge on any atom is 0.237 e. The summed E-state index contributed by atoms with van der Waals surface area (Å²) < 4.78 is 0. The van der Waals surface area contributed by atoms with E-state index in [1.165, 1.54) is 51.4 Å². The van der Waals surface area contributed by atoms with Gasteiger partial charge in [0.15, 0.2) is 5.66 Å². The van der Waals surface area contributed by atoms with E-state index in [2.05, 4.69) is 9.98 Å². The highest BCUT2D eigenvalue weighted by Gasteiger charge is 2.37. The Balaban J connectivity index is 1.86. The van der Waals surface area contributed by atoms with Crippen LogP contribution in [0.25, 0.3) is 0 Å². The molecular weight excluding hydrogens is 264 g/mol. The Morgan fingerprint density at radius 2 is 1.38 bits per heavy atom. The minimum absolute atomic E-state index is 0.169. The summed E-state index contributed by atoms with van der Waals surface area (Å²) >= 11 is 0. The molecule has 0 N–H and O–H groups in total. The summed E-state index contributed by atoms with van der Waals surface area (Å²) in [6.45, 7) is 1.74. The van der Waals surface area contributed by atoms with Gasteiger partial charge < -0.3 is 0 Å². The van der Waals surface area contributed by atoms with Gasteiger partial charge >= 0.3 is 0 Å². The van der Waals surface area contributed by atoms with Crippen molar-refractivity contribution in [1.82, 2.24) is 0 Å². The zero-order valence-corrected chi connectivity index (χ0v) is 13.0. The lowest BCUT2D eigenvalue weighted by Gasteiger charge is -2.36. The molecule has 0 aliphatic heterocycles. The molecule has 0 heterocycles. The molecule has 21 heavy (non-hydrogen) atoms. The molecule has 0 unspecified atom stereocenters. The second-order valence-corrected chi connectivity index (χ2v) is 6.96. The van der Waals surface area contributed by atoms with Crippen LogP contribution in [0.4, 0.5) is 0 Å². The maximum absolute atomic E-state index is 10.6. The van der Waals surface area contributed by atoms with Crippen LogP contribution < -0.4 is 0 Å². The third kappa shape index (κ3) is 4.36. The predicted molar refractivity (Wildman–Crippen MR) is 81.3 cm³/mol. The highest BCUT2D eigenvalue weighted by Crippen LogP contribution is 2.41. The summed E-state index contributed by atoms with van der Waals surface area (Å²) in [5.74, 6) is 1.89. The molecule has 0 amide bonds. The number of carbonyl (C=O) groups excluding carboxylic acids is 2. The molecule has 2 rings (SSSR count). The third-order valence-electron chi connectivity index (χ3n) is 5.56. The first kappa shape index (κ1) is 16.1. The summed E-state index contributed by atoms with van der Waals surface area (Å²) in [6.07, 6.45) is 15.8. The molecule has 0 radical (unpaired) electrons. The largest absolute Gasteiger partial charge is 0.237 e. The Labute approximate surface area is 127 Å². The SMILES string of the molecule is CC(N=C=O)(N=C=O)C1CCC(CC2CCCCC2)CC1. The Bertz CT molecular complexity index is 404. The predicted octanol–water partition coefficient (Wildman–Crippen LogP) is 4.15. The van der Waals surface area contributed by atoms with Crippen LogP contribution >= 0.6 is 0 Å². The summed E-state index contributed by atoms with van der Waals surface area (Å²) in [7, 11) is 0. The summed E-state index contributed by atoms with van der Waals surface area (Å²) in [5.41, 5.74) is -0.945. The molecule has 116 valence electrons.